The summed E-state index contributed by atoms with van der Waals surface area (Å²) in [5, 5.41) is 0. The molecular weight excluding hydrogens is 230 g/mol. The number of fused-ring (bicyclic) bond motifs is 1. The SMILES string of the molecule is Cc1[nH]c2c(c1CN)CN(C(=O)OC(C)(C)C)C2. The number of hydrogen-bond acceptors (Lipinski definition) is 3. The van der Waals surface area contributed by atoms with Crippen LogP contribution in [0.25, 0.3) is 0 Å². The lowest BCUT2D eigenvalue weighted by Gasteiger charge is -2.24. The Morgan fingerprint density at radius 3 is 2.67 bits per heavy atom. The van der Waals surface area contributed by atoms with Crippen LogP contribution in [0.3, 0.4) is 0 Å². The van der Waals surface area contributed by atoms with Crippen LogP contribution in [0, 0.1) is 6.92 Å². The molecule has 18 heavy (non-hydrogen) atoms. The van der Waals surface area contributed by atoms with Crippen molar-refractivity contribution in [2.24, 2.45) is 5.73 Å². The summed E-state index contributed by atoms with van der Waals surface area (Å²) in [4.78, 5) is 17.0. The van der Waals surface area contributed by atoms with Gasteiger partial charge in [-0.05, 0) is 38.8 Å². The smallest absolute Gasteiger partial charge is 0.410 e. The Kier molecular flexibility index (Phi) is 3.11. The van der Waals surface area contributed by atoms with Crippen LogP contribution in [0.5, 0.6) is 0 Å². The molecule has 1 aromatic heterocycles. The average Bonchev–Trinajstić information content (AvgIpc) is 2.71. The number of aromatic amines is 1. The monoisotopic (exact) mass is 251 g/mol. The molecule has 0 fully saturated rings. The van der Waals surface area contributed by atoms with Gasteiger partial charge in [0.25, 0.3) is 0 Å². The van der Waals surface area contributed by atoms with Crippen molar-refractivity contribution >= 4 is 6.09 Å². The molecule has 1 aliphatic rings. The van der Waals surface area contributed by atoms with Crippen LogP contribution >= 0.6 is 0 Å². The number of nitrogens with one attached hydrogen (secondary N) is 1. The van der Waals surface area contributed by atoms with E-state index in [0.29, 0.717) is 19.6 Å². The van der Waals surface area contributed by atoms with E-state index in [1.54, 1.807) is 4.90 Å². The molecule has 0 aromatic carbocycles. The number of ether oxygens (including phenoxy) is 1. The van der Waals surface area contributed by atoms with Crippen molar-refractivity contribution < 1.29 is 9.53 Å². The Balaban J connectivity index is 2.11. The van der Waals surface area contributed by atoms with E-state index in [1.807, 2.05) is 27.7 Å². The van der Waals surface area contributed by atoms with Crippen LogP contribution in [0.4, 0.5) is 4.79 Å². The molecule has 0 saturated heterocycles. The number of carbonyl (C=O) groups is 1. The Morgan fingerprint density at radius 2 is 2.11 bits per heavy atom. The van der Waals surface area contributed by atoms with Crippen molar-refractivity contribution in [3.8, 4) is 0 Å². The van der Waals surface area contributed by atoms with Crippen molar-refractivity contribution in [1.29, 1.82) is 0 Å². The van der Waals surface area contributed by atoms with Gasteiger partial charge in [0.2, 0.25) is 0 Å². The molecule has 1 aliphatic heterocycles. The first-order chi connectivity index (χ1) is 8.31. The number of hydrogen-bond donors (Lipinski definition) is 2. The maximum absolute atomic E-state index is 12.0. The highest BCUT2D eigenvalue weighted by atomic mass is 16.6. The molecular formula is C13H21N3O2. The highest BCUT2D eigenvalue weighted by molar-refractivity contribution is 5.69. The summed E-state index contributed by atoms with van der Waals surface area (Å²) in [6.45, 7) is 9.28. The van der Waals surface area contributed by atoms with Gasteiger partial charge in [-0.15, -0.1) is 0 Å². The maximum Gasteiger partial charge on any atom is 0.410 e. The Bertz CT molecular complexity index is 471. The normalized spacial score (nSPS) is 14.8. The minimum atomic E-state index is -0.458. The molecule has 2 rings (SSSR count). The number of aryl methyl sites for hydroxylation is 1. The number of carbonyl (C=O) groups excluding carboxylic acids is 1. The summed E-state index contributed by atoms with van der Waals surface area (Å²) < 4.78 is 5.37. The van der Waals surface area contributed by atoms with Crippen LogP contribution in [-0.4, -0.2) is 21.6 Å². The summed E-state index contributed by atoms with van der Waals surface area (Å²) in [6, 6.07) is 0. The second-order valence-electron chi connectivity index (χ2n) is 5.73. The van der Waals surface area contributed by atoms with Gasteiger partial charge < -0.3 is 15.5 Å². The minimum absolute atomic E-state index is 0.271. The van der Waals surface area contributed by atoms with Crippen LogP contribution in [0.15, 0.2) is 0 Å². The zero-order valence-electron chi connectivity index (χ0n) is 11.5. The van der Waals surface area contributed by atoms with E-state index in [9.17, 15) is 4.79 Å². The standard InChI is InChI=1S/C13H21N3O2/c1-8-9(5-14)10-6-16(7-11(10)15-8)12(17)18-13(2,3)4/h15H,5-7,14H2,1-4H3. The van der Waals surface area contributed by atoms with Crippen molar-refractivity contribution in [2.45, 2.75) is 52.9 Å². The third-order valence-corrected chi connectivity index (χ3v) is 3.07. The molecule has 2 heterocycles. The number of aromatic nitrogens is 1. The van der Waals surface area contributed by atoms with E-state index < -0.39 is 5.60 Å². The van der Waals surface area contributed by atoms with Gasteiger partial charge >= 0.3 is 6.09 Å². The molecule has 0 spiro atoms. The van der Waals surface area contributed by atoms with E-state index in [-0.39, 0.29) is 6.09 Å². The third kappa shape index (κ3) is 2.36. The van der Waals surface area contributed by atoms with Crippen LogP contribution in [-0.2, 0) is 24.4 Å². The largest absolute Gasteiger partial charge is 0.444 e. The number of amides is 1. The average molecular weight is 251 g/mol. The highest BCUT2D eigenvalue weighted by Crippen LogP contribution is 2.28. The molecule has 0 bridgehead atoms. The van der Waals surface area contributed by atoms with Gasteiger partial charge in [0, 0.05) is 17.9 Å². The van der Waals surface area contributed by atoms with Gasteiger partial charge in [0.1, 0.15) is 5.60 Å². The lowest BCUT2D eigenvalue weighted by Crippen LogP contribution is -2.33. The zero-order chi connectivity index (χ0) is 13.5. The molecule has 0 aliphatic carbocycles. The molecule has 1 amide bonds. The molecule has 0 atom stereocenters. The van der Waals surface area contributed by atoms with E-state index in [4.69, 9.17) is 10.5 Å². The molecule has 3 N–H and O–H groups in total. The summed E-state index contributed by atoms with van der Waals surface area (Å²) in [7, 11) is 0. The first-order valence-electron chi connectivity index (χ1n) is 6.19. The molecule has 0 unspecified atom stereocenters. The van der Waals surface area contributed by atoms with Crippen molar-refractivity contribution in [2.75, 3.05) is 0 Å². The number of nitrogens with zero attached hydrogens (tertiary/aromatic N) is 1. The second kappa shape index (κ2) is 4.31. The van der Waals surface area contributed by atoms with Gasteiger partial charge in [-0.2, -0.15) is 0 Å². The van der Waals surface area contributed by atoms with Gasteiger partial charge in [-0.25, -0.2) is 4.79 Å². The fraction of sp³-hybridized carbons (Fsp3) is 0.615. The lowest BCUT2D eigenvalue weighted by atomic mass is 10.1. The predicted molar refractivity (Wildman–Crippen MR) is 68.9 cm³/mol. The molecule has 5 heteroatoms. The molecule has 100 valence electrons. The third-order valence-electron chi connectivity index (χ3n) is 3.07. The maximum atomic E-state index is 12.0. The van der Waals surface area contributed by atoms with E-state index in [1.165, 1.54) is 0 Å². The summed E-state index contributed by atoms with van der Waals surface area (Å²) in [6.07, 6.45) is -0.271. The van der Waals surface area contributed by atoms with E-state index in [2.05, 4.69) is 4.98 Å². The van der Waals surface area contributed by atoms with Gasteiger partial charge in [0.15, 0.2) is 0 Å². The fourth-order valence-corrected chi connectivity index (χ4v) is 2.28. The number of nitrogens with two attached hydrogens (primary N) is 1. The second-order valence-corrected chi connectivity index (χ2v) is 5.73. The zero-order valence-corrected chi connectivity index (χ0v) is 11.5. The summed E-state index contributed by atoms with van der Waals surface area (Å²) in [5.74, 6) is 0. The fourth-order valence-electron chi connectivity index (χ4n) is 2.28. The number of H-pyrrole nitrogens is 1. The molecule has 0 radical (unpaired) electrons. The topological polar surface area (TPSA) is 71.4 Å². The van der Waals surface area contributed by atoms with Gasteiger partial charge in [-0.3, -0.25) is 4.90 Å². The van der Waals surface area contributed by atoms with Crippen LogP contribution in [0.2, 0.25) is 0 Å². The van der Waals surface area contributed by atoms with Gasteiger partial charge in [-0.1, -0.05) is 0 Å². The van der Waals surface area contributed by atoms with Crippen molar-refractivity contribution in [3.05, 3.63) is 22.5 Å². The van der Waals surface area contributed by atoms with Gasteiger partial charge in [0.05, 0.1) is 13.1 Å². The quantitative estimate of drug-likeness (QED) is 0.802. The molecule has 0 saturated carbocycles. The van der Waals surface area contributed by atoms with E-state index in [0.717, 1.165) is 22.5 Å². The number of rotatable bonds is 1. The predicted octanol–water partition coefficient (Wildman–Crippen LogP) is 2.03. The first kappa shape index (κ1) is 13.0. The van der Waals surface area contributed by atoms with Crippen molar-refractivity contribution in [3.63, 3.8) is 0 Å². The lowest BCUT2D eigenvalue weighted by molar-refractivity contribution is 0.0240. The van der Waals surface area contributed by atoms with E-state index >= 15 is 0 Å². The van der Waals surface area contributed by atoms with Crippen LogP contribution in [0.1, 0.15) is 43.3 Å². The highest BCUT2D eigenvalue weighted by Gasteiger charge is 2.30. The Morgan fingerprint density at radius 1 is 1.44 bits per heavy atom. The molecule has 5 nitrogen and oxygen atoms in total. The summed E-state index contributed by atoms with van der Waals surface area (Å²) >= 11 is 0. The minimum Gasteiger partial charge on any atom is -0.444 e. The first-order valence-corrected chi connectivity index (χ1v) is 6.19. The molecule has 1 aromatic rings. The Labute approximate surface area is 107 Å². The summed E-state index contributed by atoms with van der Waals surface area (Å²) in [5.41, 5.74) is 9.74. The van der Waals surface area contributed by atoms with Crippen molar-refractivity contribution in [1.82, 2.24) is 9.88 Å². The van der Waals surface area contributed by atoms with Crippen LogP contribution < -0.4 is 5.73 Å². The Hall–Kier alpha value is -1.49.